The highest BCUT2D eigenvalue weighted by Gasteiger charge is 2.34. The van der Waals surface area contributed by atoms with Crippen molar-refractivity contribution >= 4 is 11.8 Å². The number of nitrogens with zero attached hydrogens (tertiary/aromatic N) is 2. The van der Waals surface area contributed by atoms with E-state index in [1.807, 2.05) is 58.3 Å². The Kier molecular flexibility index (Phi) is 6.92. The first kappa shape index (κ1) is 22.1. The normalized spacial score (nSPS) is 20.8. The molecule has 170 valence electrons. The van der Waals surface area contributed by atoms with Gasteiger partial charge < -0.3 is 19.3 Å². The standard InChI is InChI=1S/C24H30N4O4/c1-31-19-8-6-17(7-9-19)14-23(29)27-10-12-28(13-11-27)24(30)22-16-21(25-26-22)18-4-3-5-20(15-18)32-2/h3-9,15,21-22,25-26H,10-14,16H2,1-2H3. The van der Waals surface area contributed by atoms with Crippen LogP contribution < -0.4 is 20.3 Å². The van der Waals surface area contributed by atoms with Crippen molar-refractivity contribution in [3.63, 3.8) is 0 Å². The molecule has 2 aromatic carbocycles. The average molecular weight is 439 g/mol. The highest BCUT2D eigenvalue weighted by atomic mass is 16.5. The summed E-state index contributed by atoms with van der Waals surface area (Å²) in [4.78, 5) is 29.4. The first-order valence-corrected chi connectivity index (χ1v) is 10.9. The molecule has 2 heterocycles. The van der Waals surface area contributed by atoms with Crippen LogP contribution in [0.4, 0.5) is 0 Å². The number of benzene rings is 2. The molecule has 2 aliphatic heterocycles. The molecule has 0 bridgehead atoms. The van der Waals surface area contributed by atoms with E-state index in [2.05, 4.69) is 10.9 Å². The molecule has 2 fully saturated rings. The quantitative estimate of drug-likeness (QED) is 0.712. The molecule has 0 aromatic heterocycles. The summed E-state index contributed by atoms with van der Waals surface area (Å²) < 4.78 is 10.5. The summed E-state index contributed by atoms with van der Waals surface area (Å²) in [7, 11) is 3.27. The largest absolute Gasteiger partial charge is 0.497 e. The van der Waals surface area contributed by atoms with Crippen molar-refractivity contribution in [2.75, 3.05) is 40.4 Å². The van der Waals surface area contributed by atoms with Gasteiger partial charge in [0.1, 0.15) is 17.5 Å². The summed E-state index contributed by atoms with van der Waals surface area (Å²) in [5, 5.41) is 0. The van der Waals surface area contributed by atoms with E-state index < -0.39 is 0 Å². The molecular weight excluding hydrogens is 408 g/mol. The van der Waals surface area contributed by atoms with E-state index in [-0.39, 0.29) is 23.9 Å². The molecule has 2 atom stereocenters. The number of rotatable bonds is 6. The van der Waals surface area contributed by atoms with Gasteiger partial charge in [-0.3, -0.25) is 9.59 Å². The van der Waals surface area contributed by atoms with E-state index in [0.29, 0.717) is 39.0 Å². The van der Waals surface area contributed by atoms with Crippen molar-refractivity contribution in [1.82, 2.24) is 20.7 Å². The molecule has 0 saturated carbocycles. The molecule has 4 rings (SSSR count). The number of carbonyl (C=O) groups excluding carboxylic acids is 2. The minimum Gasteiger partial charge on any atom is -0.497 e. The van der Waals surface area contributed by atoms with Gasteiger partial charge in [0.2, 0.25) is 11.8 Å². The third-order valence-corrected chi connectivity index (χ3v) is 6.16. The van der Waals surface area contributed by atoms with Gasteiger partial charge >= 0.3 is 0 Å². The number of hydrazine groups is 1. The summed E-state index contributed by atoms with van der Waals surface area (Å²) in [6.45, 7) is 2.21. The molecule has 0 radical (unpaired) electrons. The van der Waals surface area contributed by atoms with Gasteiger partial charge in [0.05, 0.1) is 20.6 Å². The molecular formula is C24H30N4O4. The predicted octanol–water partition coefficient (Wildman–Crippen LogP) is 1.52. The monoisotopic (exact) mass is 438 g/mol. The molecule has 8 nitrogen and oxygen atoms in total. The van der Waals surface area contributed by atoms with Crippen LogP contribution in [0.1, 0.15) is 23.6 Å². The number of carbonyl (C=O) groups is 2. The van der Waals surface area contributed by atoms with E-state index in [4.69, 9.17) is 9.47 Å². The van der Waals surface area contributed by atoms with Crippen molar-refractivity contribution in [3.05, 3.63) is 59.7 Å². The topological polar surface area (TPSA) is 83.1 Å². The Hall–Kier alpha value is -3.10. The van der Waals surface area contributed by atoms with E-state index in [1.54, 1.807) is 14.2 Å². The van der Waals surface area contributed by atoms with Crippen molar-refractivity contribution in [2.24, 2.45) is 0 Å². The number of piperazine rings is 1. The summed E-state index contributed by atoms with van der Waals surface area (Å²) in [5.74, 6) is 1.73. The van der Waals surface area contributed by atoms with E-state index >= 15 is 0 Å². The van der Waals surface area contributed by atoms with Gasteiger partial charge in [0, 0.05) is 32.2 Å². The van der Waals surface area contributed by atoms with Crippen LogP contribution in [0, 0.1) is 0 Å². The van der Waals surface area contributed by atoms with Gasteiger partial charge in [-0.25, -0.2) is 10.9 Å². The fraction of sp³-hybridized carbons (Fsp3) is 0.417. The zero-order chi connectivity index (χ0) is 22.5. The van der Waals surface area contributed by atoms with Crippen LogP contribution >= 0.6 is 0 Å². The van der Waals surface area contributed by atoms with Crippen LogP contribution in [-0.2, 0) is 16.0 Å². The SMILES string of the molecule is COc1ccc(CC(=O)N2CCN(C(=O)C3CC(c4cccc(OC)c4)NN3)CC2)cc1. The number of nitrogens with one attached hydrogen (secondary N) is 2. The maximum absolute atomic E-state index is 13.0. The van der Waals surface area contributed by atoms with Crippen molar-refractivity contribution in [2.45, 2.75) is 24.9 Å². The summed E-state index contributed by atoms with van der Waals surface area (Å²) in [6.07, 6.45) is 1.02. The molecule has 2 aliphatic rings. The van der Waals surface area contributed by atoms with E-state index in [9.17, 15) is 9.59 Å². The molecule has 0 aliphatic carbocycles. The van der Waals surface area contributed by atoms with Gasteiger partial charge in [-0.1, -0.05) is 24.3 Å². The number of hydrogen-bond acceptors (Lipinski definition) is 6. The second-order valence-corrected chi connectivity index (χ2v) is 8.14. The maximum Gasteiger partial charge on any atom is 0.241 e. The van der Waals surface area contributed by atoms with Crippen molar-refractivity contribution < 1.29 is 19.1 Å². The third kappa shape index (κ3) is 5.03. The lowest BCUT2D eigenvalue weighted by Crippen LogP contribution is -2.54. The van der Waals surface area contributed by atoms with E-state index in [1.165, 1.54) is 0 Å². The van der Waals surface area contributed by atoms with E-state index in [0.717, 1.165) is 22.6 Å². The molecule has 2 saturated heterocycles. The van der Waals surface area contributed by atoms with Gasteiger partial charge in [-0.05, 0) is 41.8 Å². The Balaban J connectivity index is 1.26. The van der Waals surface area contributed by atoms with Gasteiger partial charge in [0.25, 0.3) is 0 Å². The van der Waals surface area contributed by atoms with Crippen molar-refractivity contribution in [3.8, 4) is 11.5 Å². The molecule has 8 heteroatoms. The van der Waals surface area contributed by atoms with Crippen LogP contribution in [0.25, 0.3) is 0 Å². The third-order valence-electron chi connectivity index (χ3n) is 6.16. The highest BCUT2D eigenvalue weighted by Crippen LogP contribution is 2.26. The summed E-state index contributed by atoms with van der Waals surface area (Å²) in [6, 6.07) is 15.2. The van der Waals surface area contributed by atoms with Crippen LogP contribution in [0.2, 0.25) is 0 Å². The Morgan fingerprint density at radius 3 is 2.28 bits per heavy atom. The second kappa shape index (κ2) is 10.0. The number of hydrogen-bond donors (Lipinski definition) is 2. The molecule has 2 unspecified atom stereocenters. The first-order valence-electron chi connectivity index (χ1n) is 10.9. The number of methoxy groups -OCH3 is 2. The predicted molar refractivity (Wildman–Crippen MR) is 120 cm³/mol. The van der Waals surface area contributed by atoms with Crippen LogP contribution in [-0.4, -0.2) is 68.1 Å². The zero-order valence-corrected chi connectivity index (χ0v) is 18.5. The first-order chi connectivity index (χ1) is 15.6. The Morgan fingerprint density at radius 2 is 1.59 bits per heavy atom. The van der Waals surface area contributed by atoms with Gasteiger partial charge in [-0.15, -0.1) is 0 Å². The van der Waals surface area contributed by atoms with Crippen LogP contribution in [0.5, 0.6) is 11.5 Å². The average Bonchev–Trinajstić information content (AvgIpc) is 3.34. The Bertz CT molecular complexity index is 941. The van der Waals surface area contributed by atoms with Gasteiger partial charge in [0.15, 0.2) is 0 Å². The Labute approximate surface area is 188 Å². The zero-order valence-electron chi connectivity index (χ0n) is 18.5. The summed E-state index contributed by atoms with van der Waals surface area (Å²) in [5.41, 5.74) is 8.41. The fourth-order valence-electron chi connectivity index (χ4n) is 4.22. The Morgan fingerprint density at radius 1 is 0.906 bits per heavy atom. The molecule has 0 spiro atoms. The lowest BCUT2D eigenvalue weighted by Gasteiger charge is -2.36. The summed E-state index contributed by atoms with van der Waals surface area (Å²) >= 11 is 0. The lowest BCUT2D eigenvalue weighted by molar-refractivity contribution is -0.140. The number of ether oxygens (including phenoxy) is 2. The number of amides is 2. The molecule has 2 amide bonds. The molecule has 32 heavy (non-hydrogen) atoms. The molecule has 2 N–H and O–H groups in total. The van der Waals surface area contributed by atoms with Gasteiger partial charge in [-0.2, -0.15) is 0 Å². The highest BCUT2D eigenvalue weighted by molar-refractivity contribution is 5.83. The van der Waals surface area contributed by atoms with Crippen LogP contribution in [0.3, 0.4) is 0 Å². The fourth-order valence-corrected chi connectivity index (χ4v) is 4.22. The molecule has 2 aromatic rings. The maximum atomic E-state index is 13.0. The smallest absolute Gasteiger partial charge is 0.241 e. The van der Waals surface area contributed by atoms with Crippen molar-refractivity contribution in [1.29, 1.82) is 0 Å². The minimum absolute atomic E-state index is 0.0476. The van der Waals surface area contributed by atoms with Crippen LogP contribution in [0.15, 0.2) is 48.5 Å². The lowest BCUT2D eigenvalue weighted by atomic mass is 10.0. The second-order valence-electron chi connectivity index (χ2n) is 8.14. The minimum atomic E-state index is -0.284.